The Morgan fingerprint density at radius 2 is 2.13 bits per heavy atom. The van der Waals surface area contributed by atoms with Gasteiger partial charge in [0.1, 0.15) is 0 Å². The van der Waals surface area contributed by atoms with E-state index < -0.39 is 0 Å². The fourth-order valence-electron chi connectivity index (χ4n) is 1.23. The molecule has 0 saturated heterocycles. The zero-order chi connectivity index (χ0) is 11.5. The van der Waals surface area contributed by atoms with Crippen LogP contribution in [0.5, 0.6) is 0 Å². The number of unbranched alkanes of at least 4 members (excludes halogenated alkanes) is 1. The molecule has 2 N–H and O–H groups in total. The van der Waals surface area contributed by atoms with Gasteiger partial charge in [-0.05, 0) is 19.1 Å². The predicted molar refractivity (Wildman–Crippen MR) is 68.4 cm³/mol. The summed E-state index contributed by atoms with van der Waals surface area (Å²) >= 11 is 1.81. The van der Waals surface area contributed by atoms with E-state index in [4.69, 9.17) is 0 Å². The van der Waals surface area contributed by atoms with E-state index in [9.17, 15) is 4.79 Å². The molecule has 0 saturated carbocycles. The van der Waals surface area contributed by atoms with Crippen molar-refractivity contribution in [1.29, 1.82) is 0 Å². The summed E-state index contributed by atoms with van der Waals surface area (Å²) in [7, 11) is 0. The monoisotopic (exact) mass is 232 g/mol. The van der Waals surface area contributed by atoms with Gasteiger partial charge in [-0.3, -0.25) is 4.79 Å². The molecule has 0 aromatic carbocycles. The first-order valence-corrected chi connectivity index (χ1v) is 7.12. The van der Waals surface area contributed by atoms with Crippen LogP contribution < -0.4 is 10.6 Å². The van der Waals surface area contributed by atoms with Crippen molar-refractivity contribution in [3.05, 3.63) is 0 Å². The molecule has 15 heavy (non-hydrogen) atoms. The number of nitrogens with one attached hydrogen (secondary N) is 2. The van der Waals surface area contributed by atoms with E-state index in [0.717, 1.165) is 31.6 Å². The molecule has 90 valence electrons. The van der Waals surface area contributed by atoms with Gasteiger partial charge < -0.3 is 10.6 Å². The van der Waals surface area contributed by atoms with Crippen molar-refractivity contribution in [3.63, 3.8) is 0 Å². The summed E-state index contributed by atoms with van der Waals surface area (Å²) in [6, 6.07) is 0.455. The number of carbonyl (C=O) groups excluding carboxylic acids is 1. The second-order valence-electron chi connectivity index (χ2n) is 3.64. The summed E-state index contributed by atoms with van der Waals surface area (Å²) in [4.78, 5) is 11.4. The molecule has 1 amide bonds. The number of thioether (sulfide) groups is 1. The van der Waals surface area contributed by atoms with Gasteiger partial charge in [0.25, 0.3) is 0 Å². The third-order valence-electron chi connectivity index (χ3n) is 2.26. The fourth-order valence-corrected chi connectivity index (χ4v) is 1.98. The quantitative estimate of drug-likeness (QED) is 0.594. The van der Waals surface area contributed by atoms with Gasteiger partial charge in [-0.15, -0.1) is 0 Å². The molecule has 0 bridgehead atoms. The second-order valence-corrected chi connectivity index (χ2v) is 4.56. The standard InChI is InChI=1S/C11H24N2OS/c1-4-6-7-12-11(14)8-13-10(5-2)9-15-3/h10,13H,4-9H2,1-3H3,(H,12,14). The van der Waals surface area contributed by atoms with Crippen LogP contribution in [-0.2, 0) is 4.79 Å². The van der Waals surface area contributed by atoms with Gasteiger partial charge >= 0.3 is 0 Å². The van der Waals surface area contributed by atoms with E-state index in [-0.39, 0.29) is 5.91 Å². The highest BCUT2D eigenvalue weighted by Crippen LogP contribution is 2.00. The van der Waals surface area contributed by atoms with Crippen LogP contribution >= 0.6 is 11.8 Å². The van der Waals surface area contributed by atoms with Gasteiger partial charge in [0.05, 0.1) is 6.54 Å². The summed E-state index contributed by atoms with van der Waals surface area (Å²) in [5.74, 6) is 1.18. The molecule has 0 spiro atoms. The Bertz CT molecular complexity index is 165. The van der Waals surface area contributed by atoms with Crippen LogP contribution in [0.4, 0.5) is 0 Å². The van der Waals surface area contributed by atoms with Gasteiger partial charge in [-0.2, -0.15) is 11.8 Å². The highest BCUT2D eigenvalue weighted by molar-refractivity contribution is 7.98. The zero-order valence-electron chi connectivity index (χ0n) is 10.1. The minimum Gasteiger partial charge on any atom is -0.355 e. The molecule has 1 atom stereocenters. The topological polar surface area (TPSA) is 41.1 Å². The maximum absolute atomic E-state index is 11.4. The van der Waals surface area contributed by atoms with Crippen molar-refractivity contribution in [2.75, 3.05) is 25.1 Å². The van der Waals surface area contributed by atoms with Crippen LogP contribution in [0, 0.1) is 0 Å². The van der Waals surface area contributed by atoms with Crippen LogP contribution in [-0.4, -0.2) is 37.0 Å². The van der Waals surface area contributed by atoms with Crippen LogP contribution in [0.1, 0.15) is 33.1 Å². The lowest BCUT2D eigenvalue weighted by Crippen LogP contribution is -2.40. The molecular formula is C11H24N2OS. The molecule has 3 nitrogen and oxygen atoms in total. The average molecular weight is 232 g/mol. The maximum Gasteiger partial charge on any atom is 0.233 e. The first-order chi connectivity index (χ1) is 7.24. The maximum atomic E-state index is 11.4. The van der Waals surface area contributed by atoms with Gasteiger partial charge in [-0.25, -0.2) is 0 Å². The van der Waals surface area contributed by atoms with Gasteiger partial charge in [0.15, 0.2) is 0 Å². The summed E-state index contributed by atoms with van der Waals surface area (Å²) < 4.78 is 0. The predicted octanol–water partition coefficient (Wildman–Crippen LogP) is 1.63. The number of rotatable bonds is 9. The van der Waals surface area contributed by atoms with Gasteiger partial charge in [0.2, 0.25) is 5.91 Å². The summed E-state index contributed by atoms with van der Waals surface area (Å²) in [6.45, 7) is 5.51. The molecule has 0 aliphatic carbocycles. The lowest BCUT2D eigenvalue weighted by Gasteiger charge is -2.15. The molecule has 0 aromatic heterocycles. The number of hydrogen-bond donors (Lipinski definition) is 2. The third-order valence-corrected chi connectivity index (χ3v) is 3.00. The Kier molecular flexibility index (Phi) is 10.2. The summed E-state index contributed by atoms with van der Waals surface area (Å²) in [5, 5.41) is 6.16. The van der Waals surface area contributed by atoms with E-state index >= 15 is 0 Å². The molecule has 1 unspecified atom stereocenters. The van der Waals surface area contributed by atoms with Crippen LogP contribution in [0.2, 0.25) is 0 Å². The van der Waals surface area contributed by atoms with Crippen molar-refractivity contribution >= 4 is 17.7 Å². The molecule has 0 aliphatic heterocycles. The minimum absolute atomic E-state index is 0.114. The molecule has 0 heterocycles. The lowest BCUT2D eigenvalue weighted by atomic mass is 10.2. The van der Waals surface area contributed by atoms with Crippen LogP contribution in [0.3, 0.4) is 0 Å². The minimum atomic E-state index is 0.114. The van der Waals surface area contributed by atoms with Crippen LogP contribution in [0.25, 0.3) is 0 Å². The van der Waals surface area contributed by atoms with Crippen molar-refractivity contribution in [2.45, 2.75) is 39.2 Å². The highest BCUT2D eigenvalue weighted by Gasteiger charge is 2.06. The smallest absolute Gasteiger partial charge is 0.233 e. The van der Waals surface area contributed by atoms with Crippen molar-refractivity contribution in [3.8, 4) is 0 Å². The molecule has 0 fully saturated rings. The van der Waals surface area contributed by atoms with E-state index in [1.165, 1.54) is 0 Å². The Balaban J connectivity index is 3.50. The molecule has 0 aliphatic rings. The van der Waals surface area contributed by atoms with E-state index in [1.807, 2.05) is 11.8 Å². The molecule has 4 heteroatoms. The molecule has 0 rings (SSSR count). The highest BCUT2D eigenvalue weighted by atomic mass is 32.2. The normalized spacial score (nSPS) is 12.5. The van der Waals surface area contributed by atoms with Crippen LogP contribution in [0.15, 0.2) is 0 Å². The van der Waals surface area contributed by atoms with Gasteiger partial charge in [0, 0.05) is 18.3 Å². The van der Waals surface area contributed by atoms with Crippen molar-refractivity contribution in [2.24, 2.45) is 0 Å². The SMILES string of the molecule is CCCCNC(=O)CNC(CC)CSC. The number of hydrogen-bond acceptors (Lipinski definition) is 3. The van der Waals surface area contributed by atoms with E-state index in [0.29, 0.717) is 12.6 Å². The summed E-state index contributed by atoms with van der Waals surface area (Å²) in [5.41, 5.74) is 0. The van der Waals surface area contributed by atoms with E-state index in [1.54, 1.807) is 0 Å². The first-order valence-electron chi connectivity index (χ1n) is 5.73. The van der Waals surface area contributed by atoms with E-state index in [2.05, 4.69) is 30.7 Å². The fraction of sp³-hybridized carbons (Fsp3) is 0.909. The average Bonchev–Trinajstić information content (AvgIpc) is 2.24. The third kappa shape index (κ3) is 8.75. The van der Waals surface area contributed by atoms with Gasteiger partial charge in [-0.1, -0.05) is 20.3 Å². The second kappa shape index (κ2) is 10.3. The number of amides is 1. The lowest BCUT2D eigenvalue weighted by molar-refractivity contribution is -0.120. The summed E-state index contributed by atoms with van der Waals surface area (Å²) in [6.07, 6.45) is 5.35. The Morgan fingerprint density at radius 3 is 2.67 bits per heavy atom. The van der Waals surface area contributed by atoms with Crippen molar-refractivity contribution in [1.82, 2.24) is 10.6 Å². The largest absolute Gasteiger partial charge is 0.355 e. The molecule has 0 radical (unpaired) electrons. The molecule has 0 aromatic rings. The Hall–Kier alpha value is -0.220. The zero-order valence-corrected chi connectivity index (χ0v) is 11.0. The Morgan fingerprint density at radius 1 is 1.40 bits per heavy atom. The Labute approximate surface area is 97.8 Å². The van der Waals surface area contributed by atoms with Crippen molar-refractivity contribution < 1.29 is 4.79 Å². The molecular weight excluding hydrogens is 208 g/mol. The first kappa shape index (κ1) is 14.8. The number of carbonyl (C=O) groups is 1.